The third-order valence-corrected chi connectivity index (χ3v) is 6.66. The molecule has 0 spiro atoms. The number of hydrazone groups is 2. The minimum Gasteiger partial charge on any atom is -0.383 e. The van der Waals surface area contributed by atoms with Crippen molar-refractivity contribution in [3.63, 3.8) is 0 Å². The Kier molecular flexibility index (Phi) is 11.9. The van der Waals surface area contributed by atoms with Gasteiger partial charge in [-0.05, 0) is 73.5 Å². The molecule has 212 valence electrons. The van der Waals surface area contributed by atoms with E-state index < -0.39 is 20.2 Å². The predicted octanol–water partition coefficient (Wildman–Crippen LogP) is 2.26. The van der Waals surface area contributed by atoms with E-state index in [0.717, 1.165) is 12.5 Å². The van der Waals surface area contributed by atoms with Gasteiger partial charge in [0.1, 0.15) is 11.5 Å². The summed E-state index contributed by atoms with van der Waals surface area (Å²) in [5.41, 5.74) is 7.38. The van der Waals surface area contributed by atoms with Crippen molar-refractivity contribution in [1.82, 2.24) is 10.9 Å². The summed E-state index contributed by atoms with van der Waals surface area (Å²) in [6.45, 7) is 3.40. The van der Waals surface area contributed by atoms with Crippen LogP contribution >= 0.6 is 11.8 Å². The maximum Gasteiger partial charge on any atom is 0.306 e. The fourth-order valence-electron chi connectivity index (χ4n) is 2.82. The summed E-state index contributed by atoms with van der Waals surface area (Å²) in [6, 6.07) is 12.5. The van der Waals surface area contributed by atoms with Crippen molar-refractivity contribution < 1.29 is 34.8 Å². The summed E-state index contributed by atoms with van der Waals surface area (Å²) < 4.78 is 54.2. The molecule has 0 aromatic heterocycles. The number of carbonyl (C=O) groups is 2. The maximum atomic E-state index is 12.0. The van der Waals surface area contributed by atoms with Crippen molar-refractivity contribution in [2.75, 3.05) is 24.0 Å². The summed E-state index contributed by atoms with van der Waals surface area (Å²) in [5.74, 6) is 0.789. The molecule has 0 aliphatic carbocycles. The molecule has 12 nitrogen and oxygen atoms in total. The number of nitrogens with one attached hydrogen (secondary N) is 2. The molecule has 15 heteroatoms. The van der Waals surface area contributed by atoms with Crippen molar-refractivity contribution in [2.24, 2.45) is 10.2 Å². The normalized spacial score (nSPS) is 12.5. The van der Waals surface area contributed by atoms with Crippen LogP contribution in [0.1, 0.15) is 37.8 Å². The van der Waals surface area contributed by atoms with Crippen LogP contribution in [0, 0.1) is 0 Å². The van der Waals surface area contributed by atoms with Crippen LogP contribution < -0.4 is 19.2 Å². The van der Waals surface area contributed by atoms with Gasteiger partial charge in [0.05, 0.1) is 23.9 Å². The van der Waals surface area contributed by atoms with E-state index in [4.69, 9.17) is 8.37 Å². The van der Waals surface area contributed by atoms with Gasteiger partial charge in [0.25, 0.3) is 0 Å². The van der Waals surface area contributed by atoms with Crippen molar-refractivity contribution in [1.29, 1.82) is 0 Å². The lowest BCUT2D eigenvalue weighted by Crippen LogP contribution is -2.20. The van der Waals surface area contributed by atoms with E-state index in [1.807, 2.05) is 0 Å². The first-order chi connectivity index (χ1) is 18.2. The second kappa shape index (κ2) is 14.6. The van der Waals surface area contributed by atoms with Crippen LogP contribution in [0.15, 0.2) is 58.7 Å². The molecule has 0 fully saturated rings. The summed E-state index contributed by atoms with van der Waals surface area (Å²) in [7, 11) is -7.21. The van der Waals surface area contributed by atoms with E-state index in [-0.39, 0.29) is 36.2 Å². The molecule has 2 rings (SSSR count). The van der Waals surface area contributed by atoms with Crippen molar-refractivity contribution in [3.8, 4) is 11.5 Å². The lowest BCUT2D eigenvalue weighted by Gasteiger charge is -2.06. The zero-order valence-corrected chi connectivity index (χ0v) is 24.3. The van der Waals surface area contributed by atoms with Gasteiger partial charge in [-0.25, -0.2) is 10.9 Å². The number of amides is 2. The zero-order valence-electron chi connectivity index (χ0n) is 21.8. The first kappa shape index (κ1) is 31.8. The Hall–Kier alpha value is -3.43. The molecule has 39 heavy (non-hydrogen) atoms. The summed E-state index contributed by atoms with van der Waals surface area (Å²) in [5, 5.41) is 8.10. The molecule has 2 N–H and O–H groups in total. The maximum absolute atomic E-state index is 12.0. The number of benzene rings is 2. The summed E-state index contributed by atoms with van der Waals surface area (Å²) >= 11 is 1.44. The van der Waals surface area contributed by atoms with E-state index in [1.54, 1.807) is 38.1 Å². The van der Waals surface area contributed by atoms with Crippen LogP contribution in [-0.2, 0) is 29.8 Å². The molecule has 2 aromatic rings. The molecule has 0 radical (unpaired) electrons. The highest BCUT2D eigenvalue weighted by Gasteiger charge is 2.08. The van der Waals surface area contributed by atoms with E-state index >= 15 is 0 Å². The molecule has 0 aliphatic heterocycles. The Morgan fingerprint density at radius 1 is 0.692 bits per heavy atom. The number of carbonyl (C=O) groups excluding carboxylic acids is 2. The Morgan fingerprint density at radius 2 is 1.03 bits per heavy atom. The monoisotopic (exact) mass is 598 g/mol. The van der Waals surface area contributed by atoms with E-state index in [2.05, 4.69) is 21.1 Å². The van der Waals surface area contributed by atoms with Crippen LogP contribution in [-0.4, -0.2) is 64.1 Å². The molecule has 0 aliphatic rings. The average molecular weight is 599 g/mol. The highest BCUT2D eigenvalue weighted by molar-refractivity contribution is 7.99. The molecule has 2 aromatic carbocycles. The second-order valence-electron chi connectivity index (χ2n) is 8.20. The van der Waals surface area contributed by atoms with Crippen LogP contribution in [0.4, 0.5) is 0 Å². The van der Waals surface area contributed by atoms with Crippen molar-refractivity contribution in [2.45, 2.75) is 26.7 Å². The lowest BCUT2D eigenvalue weighted by molar-refractivity contribution is -0.121. The first-order valence-corrected chi connectivity index (χ1v) is 16.2. The molecule has 0 saturated carbocycles. The van der Waals surface area contributed by atoms with Crippen molar-refractivity contribution in [3.05, 3.63) is 59.7 Å². The van der Waals surface area contributed by atoms with Crippen LogP contribution in [0.5, 0.6) is 11.5 Å². The Bertz CT molecular complexity index is 1310. The Balaban J connectivity index is 1.67. The summed E-state index contributed by atoms with van der Waals surface area (Å²) in [4.78, 5) is 24.1. The highest BCUT2D eigenvalue weighted by atomic mass is 32.2. The van der Waals surface area contributed by atoms with E-state index in [0.29, 0.717) is 34.1 Å². The van der Waals surface area contributed by atoms with Gasteiger partial charge in [0.15, 0.2) is 0 Å². The smallest absolute Gasteiger partial charge is 0.306 e. The number of rotatable bonds is 14. The number of nitrogens with zero attached hydrogens (tertiary/aromatic N) is 2. The standard InChI is InChI=1S/C24H30N4O8S3/c1-17(19-5-9-21(10-6-19)35-38(3,31)32)25-27-23(29)13-15-37-16-14-24(30)28-26-18(2)20-7-11-22(12-8-20)36-39(4,33)34/h5-12H,13-16H2,1-4H3,(H,27,29)(H,28,30)/b25-17+,26-18?. The van der Waals surface area contributed by atoms with Crippen molar-refractivity contribution >= 4 is 55.2 Å². The fourth-order valence-corrected chi connectivity index (χ4v) is 4.60. The Labute approximate surface area is 232 Å². The number of hydrogen-bond donors (Lipinski definition) is 2. The summed E-state index contributed by atoms with van der Waals surface area (Å²) in [6.07, 6.45) is 2.33. The topological polar surface area (TPSA) is 170 Å². The molecule has 0 unspecified atom stereocenters. The third kappa shape index (κ3) is 13.3. The Morgan fingerprint density at radius 3 is 1.33 bits per heavy atom. The largest absolute Gasteiger partial charge is 0.383 e. The molecule has 0 heterocycles. The first-order valence-electron chi connectivity index (χ1n) is 11.5. The SMILES string of the molecule is CC(=NNC(=O)CCSCCC(=O)N/N=C(\C)c1ccc(OS(C)(=O)=O)cc1)c1ccc(OS(C)(=O)=O)cc1. The van der Waals surface area contributed by atoms with Crippen LogP contribution in [0.2, 0.25) is 0 Å². The zero-order chi connectivity index (χ0) is 29.1. The van der Waals surface area contributed by atoms with Gasteiger partial charge >= 0.3 is 20.2 Å². The minimum atomic E-state index is -3.61. The molecular weight excluding hydrogens is 568 g/mol. The van der Waals surface area contributed by atoms with Crippen LogP contribution in [0.3, 0.4) is 0 Å². The minimum absolute atomic E-state index is 0.180. The second-order valence-corrected chi connectivity index (χ2v) is 12.6. The van der Waals surface area contributed by atoms with Gasteiger partial charge in [-0.1, -0.05) is 0 Å². The van der Waals surface area contributed by atoms with E-state index in [9.17, 15) is 26.4 Å². The van der Waals surface area contributed by atoms with Gasteiger partial charge in [0, 0.05) is 24.3 Å². The number of hydrogen-bond acceptors (Lipinski definition) is 11. The molecule has 0 saturated heterocycles. The molecule has 0 atom stereocenters. The molecular formula is C24H30N4O8S3. The quantitative estimate of drug-likeness (QED) is 0.143. The van der Waals surface area contributed by atoms with Gasteiger partial charge in [-0.15, -0.1) is 0 Å². The third-order valence-electron chi connectivity index (χ3n) is 4.68. The van der Waals surface area contributed by atoms with Gasteiger partial charge in [-0.2, -0.15) is 38.8 Å². The number of thioether (sulfide) groups is 1. The molecule has 0 bridgehead atoms. The lowest BCUT2D eigenvalue weighted by atomic mass is 10.1. The molecule has 2 amide bonds. The van der Waals surface area contributed by atoms with Gasteiger partial charge < -0.3 is 8.37 Å². The van der Waals surface area contributed by atoms with Gasteiger partial charge in [-0.3, -0.25) is 9.59 Å². The van der Waals surface area contributed by atoms with Gasteiger partial charge in [0.2, 0.25) is 11.8 Å². The average Bonchev–Trinajstić information content (AvgIpc) is 2.84. The van der Waals surface area contributed by atoms with Crippen LogP contribution in [0.25, 0.3) is 0 Å². The highest BCUT2D eigenvalue weighted by Crippen LogP contribution is 2.15. The predicted molar refractivity (Wildman–Crippen MR) is 151 cm³/mol. The fraction of sp³-hybridized carbons (Fsp3) is 0.333. The van der Waals surface area contributed by atoms with E-state index in [1.165, 1.54) is 36.0 Å².